The molecule has 0 radical (unpaired) electrons. The molecule has 0 aromatic rings. The SMILES string of the molecule is C=CCC/C=C1\CC(O)CC2(COC(C)(C)OC2)C1. The summed E-state index contributed by atoms with van der Waals surface area (Å²) in [4.78, 5) is 0. The first-order valence-corrected chi connectivity index (χ1v) is 7.20. The van der Waals surface area contributed by atoms with Crippen LogP contribution in [-0.2, 0) is 9.47 Å². The number of unbranched alkanes of at least 4 members (excludes halogenated alkanes) is 1. The van der Waals surface area contributed by atoms with Crippen LogP contribution in [0, 0.1) is 5.41 Å². The molecule has 3 nitrogen and oxygen atoms in total. The number of rotatable bonds is 3. The standard InChI is InChI=1S/C16H26O3/c1-4-5-6-7-13-8-14(17)10-16(9-13)11-18-15(2,3)19-12-16/h4,7,14,17H,1,5-6,8-12H2,2-3H3/b13-7+. The topological polar surface area (TPSA) is 38.7 Å². The van der Waals surface area contributed by atoms with Crippen molar-refractivity contribution in [3.8, 4) is 0 Å². The number of aliphatic hydroxyl groups excluding tert-OH is 1. The van der Waals surface area contributed by atoms with Crippen molar-refractivity contribution in [3.63, 3.8) is 0 Å². The van der Waals surface area contributed by atoms with Crippen LogP contribution < -0.4 is 0 Å². The molecule has 0 bridgehead atoms. The van der Waals surface area contributed by atoms with Gasteiger partial charge in [0.1, 0.15) is 0 Å². The zero-order valence-corrected chi connectivity index (χ0v) is 12.2. The summed E-state index contributed by atoms with van der Waals surface area (Å²) in [5.74, 6) is -0.486. The van der Waals surface area contributed by atoms with E-state index < -0.39 is 5.79 Å². The fourth-order valence-corrected chi connectivity index (χ4v) is 3.02. The van der Waals surface area contributed by atoms with Crippen molar-refractivity contribution < 1.29 is 14.6 Å². The molecule has 2 fully saturated rings. The first-order chi connectivity index (χ1) is 8.95. The molecule has 19 heavy (non-hydrogen) atoms. The van der Waals surface area contributed by atoms with Crippen LogP contribution >= 0.6 is 0 Å². The van der Waals surface area contributed by atoms with E-state index in [9.17, 15) is 5.11 Å². The number of hydrogen-bond acceptors (Lipinski definition) is 3. The molecule has 1 aliphatic carbocycles. The number of hydrogen-bond donors (Lipinski definition) is 1. The Balaban J connectivity index is 2.01. The van der Waals surface area contributed by atoms with E-state index in [0.717, 1.165) is 32.1 Å². The first kappa shape index (κ1) is 14.8. The van der Waals surface area contributed by atoms with Gasteiger partial charge in [-0.15, -0.1) is 6.58 Å². The molecule has 1 aliphatic heterocycles. The van der Waals surface area contributed by atoms with Gasteiger partial charge in [-0.2, -0.15) is 0 Å². The van der Waals surface area contributed by atoms with Gasteiger partial charge in [0.25, 0.3) is 0 Å². The Morgan fingerprint density at radius 1 is 1.32 bits per heavy atom. The van der Waals surface area contributed by atoms with Gasteiger partial charge in [-0.25, -0.2) is 0 Å². The second-order valence-electron chi connectivity index (χ2n) is 6.44. The fourth-order valence-electron chi connectivity index (χ4n) is 3.02. The molecule has 1 heterocycles. The Bertz CT molecular complexity index is 347. The Morgan fingerprint density at radius 2 is 2.00 bits per heavy atom. The molecule has 0 amide bonds. The minimum Gasteiger partial charge on any atom is -0.393 e. The number of ether oxygens (including phenoxy) is 2. The molecule has 0 aromatic carbocycles. The molecule has 1 unspecified atom stereocenters. The Labute approximate surface area is 116 Å². The van der Waals surface area contributed by atoms with Crippen LogP contribution in [0.5, 0.6) is 0 Å². The fraction of sp³-hybridized carbons (Fsp3) is 0.750. The quantitative estimate of drug-likeness (QED) is 0.630. The minimum atomic E-state index is -0.486. The lowest BCUT2D eigenvalue weighted by atomic mass is 9.71. The van der Waals surface area contributed by atoms with E-state index in [1.165, 1.54) is 5.57 Å². The maximum absolute atomic E-state index is 10.1. The average Bonchev–Trinajstić information content (AvgIpc) is 2.34. The average molecular weight is 266 g/mol. The van der Waals surface area contributed by atoms with Crippen LogP contribution in [0.4, 0.5) is 0 Å². The van der Waals surface area contributed by atoms with E-state index in [2.05, 4.69) is 12.7 Å². The van der Waals surface area contributed by atoms with Gasteiger partial charge in [-0.05, 0) is 46.0 Å². The summed E-state index contributed by atoms with van der Waals surface area (Å²) in [6.45, 7) is 8.98. The highest BCUT2D eigenvalue weighted by Crippen LogP contribution is 2.43. The third-order valence-corrected chi connectivity index (χ3v) is 4.02. The Hall–Kier alpha value is -0.640. The van der Waals surface area contributed by atoms with Crippen molar-refractivity contribution in [1.82, 2.24) is 0 Å². The van der Waals surface area contributed by atoms with Crippen LogP contribution in [0.25, 0.3) is 0 Å². The lowest BCUT2D eigenvalue weighted by Gasteiger charge is -2.47. The summed E-state index contributed by atoms with van der Waals surface area (Å²) in [6.07, 6.45) is 8.48. The monoisotopic (exact) mass is 266 g/mol. The van der Waals surface area contributed by atoms with Crippen LogP contribution in [0.1, 0.15) is 46.0 Å². The van der Waals surface area contributed by atoms with Crippen molar-refractivity contribution in [1.29, 1.82) is 0 Å². The van der Waals surface area contributed by atoms with Gasteiger partial charge in [0, 0.05) is 5.41 Å². The third kappa shape index (κ3) is 3.91. The van der Waals surface area contributed by atoms with E-state index in [1.807, 2.05) is 19.9 Å². The van der Waals surface area contributed by atoms with Crippen molar-refractivity contribution in [2.45, 2.75) is 57.8 Å². The molecule has 1 saturated carbocycles. The van der Waals surface area contributed by atoms with Crippen molar-refractivity contribution in [2.24, 2.45) is 5.41 Å². The number of allylic oxidation sites excluding steroid dienone is 2. The maximum atomic E-state index is 10.1. The second kappa shape index (κ2) is 5.78. The van der Waals surface area contributed by atoms with Gasteiger partial charge in [0.2, 0.25) is 0 Å². The summed E-state index contributed by atoms with van der Waals surface area (Å²) >= 11 is 0. The van der Waals surface area contributed by atoms with E-state index in [4.69, 9.17) is 9.47 Å². The van der Waals surface area contributed by atoms with Gasteiger partial charge < -0.3 is 14.6 Å². The van der Waals surface area contributed by atoms with Gasteiger partial charge in [-0.1, -0.05) is 17.7 Å². The number of aliphatic hydroxyl groups is 1. The highest BCUT2D eigenvalue weighted by molar-refractivity contribution is 5.13. The molecule has 1 saturated heterocycles. The van der Waals surface area contributed by atoms with E-state index in [0.29, 0.717) is 13.2 Å². The van der Waals surface area contributed by atoms with Gasteiger partial charge >= 0.3 is 0 Å². The van der Waals surface area contributed by atoms with Crippen LogP contribution in [0.15, 0.2) is 24.3 Å². The van der Waals surface area contributed by atoms with E-state index in [1.54, 1.807) is 0 Å². The van der Waals surface area contributed by atoms with Gasteiger partial charge in [0.05, 0.1) is 19.3 Å². The van der Waals surface area contributed by atoms with Crippen molar-refractivity contribution in [2.75, 3.05) is 13.2 Å². The minimum absolute atomic E-state index is 0.0345. The molecule has 108 valence electrons. The van der Waals surface area contributed by atoms with Crippen LogP contribution in [-0.4, -0.2) is 30.2 Å². The lowest BCUT2D eigenvalue weighted by molar-refractivity contribution is -0.290. The van der Waals surface area contributed by atoms with Crippen molar-refractivity contribution in [3.05, 3.63) is 24.3 Å². The predicted molar refractivity (Wildman–Crippen MR) is 75.8 cm³/mol. The van der Waals surface area contributed by atoms with Crippen molar-refractivity contribution >= 4 is 0 Å². The molecule has 3 heteroatoms. The molecular formula is C16H26O3. The Morgan fingerprint density at radius 3 is 2.63 bits per heavy atom. The summed E-state index contributed by atoms with van der Waals surface area (Å²) < 4.78 is 11.6. The lowest BCUT2D eigenvalue weighted by Crippen LogP contribution is -2.49. The summed E-state index contributed by atoms with van der Waals surface area (Å²) in [5, 5.41) is 10.1. The summed E-state index contributed by atoms with van der Waals surface area (Å²) in [7, 11) is 0. The van der Waals surface area contributed by atoms with E-state index >= 15 is 0 Å². The first-order valence-electron chi connectivity index (χ1n) is 7.20. The predicted octanol–water partition coefficient (Wildman–Crippen LogP) is 3.19. The molecule has 1 N–H and O–H groups in total. The molecule has 2 rings (SSSR count). The van der Waals surface area contributed by atoms with Crippen LogP contribution in [0.3, 0.4) is 0 Å². The highest BCUT2D eigenvalue weighted by Gasteiger charge is 2.44. The molecular weight excluding hydrogens is 240 g/mol. The second-order valence-corrected chi connectivity index (χ2v) is 6.44. The summed E-state index contributed by atoms with van der Waals surface area (Å²) in [5.41, 5.74) is 1.31. The Kier molecular flexibility index (Phi) is 4.49. The normalized spacial score (nSPS) is 31.5. The smallest absolute Gasteiger partial charge is 0.162 e. The van der Waals surface area contributed by atoms with Gasteiger partial charge in [-0.3, -0.25) is 0 Å². The van der Waals surface area contributed by atoms with Gasteiger partial charge in [0.15, 0.2) is 5.79 Å². The summed E-state index contributed by atoms with van der Waals surface area (Å²) in [6, 6.07) is 0. The third-order valence-electron chi connectivity index (χ3n) is 4.02. The van der Waals surface area contributed by atoms with Crippen LogP contribution in [0.2, 0.25) is 0 Å². The maximum Gasteiger partial charge on any atom is 0.162 e. The zero-order valence-electron chi connectivity index (χ0n) is 12.2. The highest BCUT2D eigenvalue weighted by atomic mass is 16.7. The molecule has 1 atom stereocenters. The largest absolute Gasteiger partial charge is 0.393 e. The molecule has 1 spiro atoms. The molecule has 0 aromatic heterocycles. The van der Waals surface area contributed by atoms with E-state index in [-0.39, 0.29) is 11.5 Å². The zero-order chi connectivity index (χ0) is 13.9. The molecule has 2 aliphatic rings.